The number of halogens is 3. The van der Waals surface area contributed by atoms with Gasteiger partial charge in [0.15, 0.2) is 5.78 Å². The second-order valence-corrected chi connectivity index (χ2v) is 10.7. The number of nitrogens with zero attached hydrogens (tertiary/aromatic N) is 1. The lowest BCUT2D eigenvalue weighted by Gasteiger charge is -2.48. The number of fused-ring (bicyclic) bond motifs is 3. The van der Waals surface area contributed by atoms with Gasteiger partial charge in [-0.1, -0.05) is 27.2 Å². The number of aromatic hydroxyl groups is 1. The number of benzene rings is 1. The lowest BCUT2D eigenvalue weighted by atomic mass is 9.59. The van der Waals surface area contributed by atoms with E-state index in [-0.39, 0.29) is 36.0 Å². The van der Waals surface area contributed by atoms with Crippen LogP contribution in [0.2, 0.25) is 0 Å². The average Bonchev–Trinajstić information content (AvgIpc) is 2.84. The highest BCUT2D eigenvalue weighted by atomic mass is 19.4. The van der Waals surface area contributed by atoms with Crippen LogP contribution in [0.25, 0.3) is 5.76 Å². The van der Waals surface area contributed by atoms with Gasteiger partial charge in [0.25, 0.3) is 5.91 Å². The molecule has 40 heavy (non-hydrogen) atoms. The zero-order valence-corrected chi connectivity index (χ0v) is 22.6. The molecule has 0 aromatic heterocycles. The minimum Gasteiger partial charge on any atom is -0.510 e. The smallest absolute Gasteiger partial charge is 0.417 e. The molecule has 12 heteroatoms. The zero-order chi connectivity index (χ0) is 29.8. The van der Waals surface area contributed by atoms with E-state index < -0.39 is 87.4 Å². The van der Waals surface area contributed by atoms with Crippen LogP contribution in [0.5, 0.6) is 5.75 Å². The number of hydrogen-bond acceptors (Lipinski definition) is 8. The number of nitrogens with one attached hydrogen (secondary N) is 1. The first-order valence-corrected chi connectivity index (χ1v) is 13.5. The molecule has 3 aliphatic rings. The number of phenols is 1. The third kappa shape index (κ3) is 4.46. The van der Waals surface area contributed by atoms with Crippen LogP contribution in [0.1, 0.15) is 68.3 Å². The molecule has 0 heterocycles. The Balaban J connectivity index is 1.95. The number of phenolic OH excluding ortho intramolecular Hbond substituents is 1. The topological polar surface area (TPSA) is 174 Å². The zero-order valence-electron chi connectivity index (χ0n) is 22.6. The SMILES string of the molecule is CCCC(N)c1cc(O)c2c(c1C(F)(F)F)C[C@H]1CC3C(C(=N)C(C(N)=O)=C(O)C3N(CC)CC)C(=O)C1=C2O. The van der Waals surface area contributed by atoms with E-state index in [4.69, 9.17) is 16.9 Å². The largest absolute Gasteiger partial charge is 0.510 e. The van der Waals surface area contributed by atoms with E-state index in [0.717, 1.165) is 6.07 Å². The first-order valence-electron chi connectivity index (χ1n) is 13.5. The molecule has 1 aromatic rings. The van der Waals surface area contributed by atoms with E-state index in [0.29, 0.717) is 19.5 Å². The summed E-state index contributed by atoms with van der Waals surface area (Å²) < 4.78 is 43.6. The fourth-order valence-electron chi connectivity index (χ4n) is 6.95. The van der Waals surface area contributed by atoms with Gasteiger partial charge >= 0.3 is 6.18 Å². The number of amides is 1. The number of alkyl halides is 3. The second-order valence-electron chi connectivity index (χ2n) is 10.7. The Hall–Kier alpha value is -3.38. The third-order valence-electron chi connectivity index (χ3n) is 8.58. The van der Waals surface area contributed by atoms with Gasteiger partial charge in [-0.25, -0.2) is 0 Å². The lowest BCUT2D eigenvalue weighted by Crippen LogP contribution is -2.56. The van der Waals surface area contributed by atoms with Crippen molar-refractivity contribution in [2.45, 2.75) is 64.7 Å². The number of hydrogen-bond donors (Lipinski definition) is 6. The molecule has 0 spiro atoms. The Kier molecular flexibility index (Phi) is 7.81. The maximum atomic E-state index is 14.5. The fraction of sp³-hybridized carbons (Fsp3) is 0.536. The predicted molar refractivity (Wildman–Crippen MR) is 142 cm³/mol. The molecule has 4 rings (SSSR count). The van der Waals surface area contributed by atoms with Crippen LogP contribution in [0.3, 0.4) is 0 Å². The molecule has 0 bridgehead atoms. The fourth-order valence-corrected chi connectivity index (χ4v) is 6.95. The monoisotopic (exact) mass is 564 g/mol. The van der Waals surface area contributed by atoms with Crippen molar-refractivity contribution in [3.63, 3.8) is 0 Å². The van der Waals surface area contributed by atoms with E-state index in [9.17, 15) is 38.1 Å². The molecular formula is C28H35F3N4O5. The van der Waals surface area contributed by atoms with Crippen molar-refractivity contribution >= 4 is 23.2 Å². The lowest BCUT2D eigenvalue weighted by molar-refractivity contribution is -0.139. The van der Waals surface area contributed by atoms with Gasteiger partial charge < -0.3 is 32.2 Å². The van der Waals surface area contributed by atoms with Crippen LogP contribution in [-0.4, -0.2) is 56.8 Å². The van der Waals surface area contributed by atoms with Gasteiger partial charge in [-0.15, -0.1) is 0 Å². The number of aliphatic hydroxyl groups excluding tert-OH is 2. The highest BCUT2D eigenvalue weighted by Gasteiger charge is 2.55. The molecule has 0 radical (unpaired) electrons. The van der Waals surface area contributed by atoms with Gasteiger partial charge in [-0.2, -0.15) is 13.2 Å². The van der Waals surface area contributed by atoms with Crippen molar-refractivity contribution in [2.75, 3.05) is 13.1 Å². The van der Waals surface area contributed by atoms with Crippen LogP contribution in [0.4, 0.5) is 13.2 Å². The molecule has 9 nitrogen and oxygen atoms in total. The summed E-state index contributed by atoms with van der Waals surface area (Å²) in [7, 11) is 0. The van der Waals surface area contributed by atoms with Crippen LogP contribution < -0.4 is 11.5 Å². The van der Waals surface area contributed by atoms with Gasteiger partial charge in [-0.3, -0.25) is 14.5 Å². The highest BCUT2D eigenvalue weighted by molar-refractivity contribution is 6.29. The van der Waals surface area contributed by atoms with E-state index in [2.05, 4.69) is 0 Å². The van der Waals surface area contributed by atoms with Crippen molar-refractivity contribution in [3.05, 3.63) is 45.2 Å². The average molecular weight is 565 g/mol. The number of likely N-dealkylation sites (N-methyl/N-ethyl adjacent to an activating group) is 1. The normalized spacial score (nSPS) is 25.6. The summed E-state index contributed by atoms with van der Waals surface area (Å²) >= 11 is 0. The van der Waals surface area contributed by atoms with Crippen LogP contribution in [0, 0.1) is 23.2 Å². The number of allylic oxidation sites excluding steroid dienone is 1. The summed E-state index contributed by atoms with van der Waals surface area (Å²) in [6.07, 6.45) is -4.38. The number of primary amides is 1. The molecule has 5 atom stereocenters. The number of Topliss-reactive ketones (excluding diaryl/α,β-unsaturated/α-hetero) is 1. The van der Waals surface area contributed by atoms with Gasteiger partial charge in [0.1, 0.15) is 17.3 Å². The van der Waals surface area contributed by atoms with E-state index >= 15 is 0 Å². The molecule has 0 saturated heterocycles. The number of aliphatic hydroxyl groups is 2. The molecule has 4 unspecified atom stereocenters. The quantitative estimate of drug-likeness (QED) is 0.291. The standard InChI is InChI=1S/C28H35F3N4O5/c1-4-7-15(32)12-10-16(36)18-13(21(12)28(29,30)31)8-11-9-14-19(25(38)17(11)24(18)37)22(33)20(27(34)40)26(39)23(14)35(5-2)6-3/h10-11,14-15,19,23,33,36-37,39H,4-9,32H2,1-3H3,(H2,34,40)/t11-,14?,15?,19?,23?/m0/s1. The predicted octanol–water partition coefficient (Wildman–Crippen LogP) is 3.90. The molecule has 218 valence electrons. The Morgan fingerprint density at radius 2 is 1.82 bits per heavy atom. The van der Waals surface area contributed by atoms with Crippen molar-refractivity contribution in [2.24, 2.45) is 29.2 Å². The first-order chi connectivity index (χ1) is 18.7. The third-order valence-corrected chi connectivity index (χ3v) is 8.58. The Morgan fingerprint density at radius 1 is 1.20 bits per heavy atom. The van der Waals surface area contributed by atoms with Gasteiger partial charge in [0.05, 0.1) is 34.4 Å². The van der Waals surface area contributed by atoms with Gasteiger partial charge in [0, 0.05) is 11.6 Å². The summed E-state index contributed by atoms with van der Waals surface area (Å²) in [4.78, 5) is 28.0. The van der Waals surface area contributed by atoms with Crippen molar-refractivity contribution in [1.82, 2.24) is 4.90 Å². The first kappa shape index (κ1) is 29.6. The Labute approximate surface area is 229 Å². The number of carbonyl (C=O) groups excluding carboxylic acids is 2. The molecule has 1 fully saturated rings. The van der Waals surface area contributed by atoms with Crippen molar-refractivity contribution < 1.29 is 38.1 Å². The molecule has 1 amide bonds. The Morgan fingerprint density at radius 3 is 2.35 bits per heavy atom. The molecule has 3 aliphatic carbocycles. The minimum atomic E-state index is -4.86. The number of rotatable bonds is 7. The Bertz CT molecular complexity index is 1330. The van der Waals surface area contributed by atoms with Crippen molar-refractivity contribution in [1.29, 1.82) is 5.41 Å². The van der Waals surface area contributed by atoms with Crippen LogP contribution in [-0.2, 0) is 22.2 Å². The molecule has 8 N–H and O–H groups in total. The van der Waals surface area contributed by atoms with E-state index in [1.54, 1.807) is 11.8 Å². The molecule has 1 saturated carbocycles. The molecular weight excluding hydrogens is 529 g/mol. The van der Waals surface area contributed by atoms with Gasteiger partial charge in [-0.05, 0) is 61.4 Å². The number of carbonyl (C=O) groups is 2. The minimum absolute atomic E-state index is 0.0399. The molecule has 1 aromatic carbocycles. The number of ketones is 1. The van der Waals surface area contributed by atoms with Crippen molar-refractivity contribution in [3.8, 4) is 5.75 Å². The summed E-state index contributed by atoms with van der Waals surface area (Å²) in [6.45, 7) is 6.22. The van der Waals surface area contributed by atoms with Crippen LogP contribution >= 0.6 is 0 Å². The molecule has 0 aliphatic heterocycles. The van der Waals surface area contributed by atoms with Gasteiger partial charge in [0.2, 0.25) is 0 Å². The van der Waals surface area contributed by atoms with E-state index in [1.807, 2.05) is 13.8 Å². The second kappa shape index (κ2) is 10.5. The summed E-state index contributed by atoms with van der Waals surface area (Å²) in [5, 5.41) is 41.8. The van der Waals surface area contributed by atoms with E-state index in [1.165, 1.54) is 0 Å². The number of nitrogens with two attached hydrogens (primary N) is 2. The van der Waals surface area contributed by atoms with Crippen LogP contribution in [0.15, 0.2) is 23.0 Å². The summed E-state index contributed by atoms with van der Waals surface area (Å²) in [5.41, 5.74) is 8.28. The highest BCUT2D eigenvalue weighted by Crippen LogP contribution is 2.53. The maximum absolute atomic E-state index is 14.5. The summed E-state index contributed by atoms with van der Waals surface area (Å²) in [6, 6.07) is -0.992. The summed E-state index contributed by atoms with van der Waals surface area (Å²) in [5.74, 6) is -6.59. The maximum Gasteiger partial charge on any atom is 0.417 e.